The van der Waals surface area contributed by atoms with Crippen LogP contribution in [0.1, 0.15) is 12.7 Å². The number of nitriles is 1. The molecule has 0 saturated carbocycles. The number of halogens is 1. The molecule has 106 valence electrons. The number of nitrogens with one attached hydrogen (secondary N) is 1. The molecule has 1 aromatic heterocycles. The summed E-state index contributed by atoms with van der Waals surface area (Å²) in [6.07, 6.45) is 1.37. The van der Waals surface area contributed by atoms with Gasteiger partial charge in [-0.05, 0) is 43.3 Å². The highest BCUT2D eigenvalue weighted by Crippen LogP contribution is 2.23. The fraction of sp³-hybridized carbons (Fsp3) is 0.125. The van der Waals surface area contributed by atoms with Gasteiger partial charge in [0.15, 0.2) is 0 Å². The van der Waals surface area contributed by atoms with E-state index >= 15 is 0 Å². The standard InChI is InChI=1S/C16H13FN2O2/c1-2-19-16(20)12(10-18)9-14-7-8-15(21-14)11-3-5-13(17)6-4-11/h3-9H,2H2,1H3,(H,19,20)/b12-9-. The zero-order chi connectivity index (χ0) is 15.2. The Hall–Kier alpha value is -2.87. The Morgan fingerprint density at radius 2 is 2.05 bits per heavy atom. The normalized spacial score (nSPS) is 11.0. The smallest absolute Gasteiger partial charge is 0.262 e. The molecule has 1 N–H and O–H groups in total. The van der Waals surface area contributed by atoms with Gasteiger partial charge in [0.2, 0.25) is 0 Å². The number of carbonyl (C=O) groups is 1. The minimum atomic E-state index is -0.445. The number of hydrogen-bond donors (Lipinski definition) is 1. The monoisotopic (exact) mass is 284 g/mol. The van der Waals surface area contributed by atoms with Crippen molar-refractivity contribution in [2.24, 2.45) is 0 Å². The second kappa shape index (κ2) is 6.53. The first-order valence-electron chi connectivity index (χ1n) is 6.40. The van der Waals surface area contributed by atoms with Crippen molar-refractivity contribution in [3.63, 3.8) is 0 Å². The third kappa shape index (κ3) is 3.57. The van der Waals surface area contributed by atoms with Crippen molar-refractivity contribution < 1.29 is 13.6 Å². The van der Waals surface area contributed by atoms with E-state index in [1.807, 2.05) is 6.07 Å². The summed E-state index contributed by atoms with van der Waals surface area (Å²) in [5, 5.41) is 11.5. The highest BCUT2D eigenvalue weighted by atomic mass is 19.1. The minimum Gasteiger partial charge on any atom is -0.457 e. The van der Waals surface area contributed by atoms with Crippen LogP contribution in [0.25, 0.3) is 17.4 Å². The first kappa shape index (κ1) is 14.5. The average molecular weight is 284 g/mol. The molecule has 0 atom stereocenters. The second-order valence-corrected chi connectivity index (χ2v) is 4.24. The average Bonchev–Trinajstić information content (AvgIpc) is 2.94. The van der Waals surface area contributed by atoms with E-state index in [1.165, 1.54) is 18.2 Å². The number of carbonyl (C=O) groups excluding carboxylic acids is 1. The fourth-order valence-corrected chi connectivity index (χ4v) is 1.75. The van der Waals surface area contributed by atoms with Crippen molar-refractivity contribution in [1.29, 1.82) is 5.26 Å². The van der Waals surface area contributed by atoms with Crippen molar-refractivity contribution in [1.82, 2.24) is 5.32 Å². The van der Waals surface area contributed by atoms with Gasteiger partial charge in [-0.15, -0.1) is 0 Å². The van der Waals surface area contributed by atoms with Crippen LogP contribution in [0.5, 0.6) is 0 Å². The van der Waals surface area contributed by atoms with E-state index < -0.39 is 5.91 Å². The van der Waals surface area contributed by atoms with Crippen molar-refractivity contribution in [2.45, 2.75) is 6.92 Å². The van der Waals surface area contributed by atoms with Gasteiger partial charge in [-0.2, -0.15) is 5.26 Å². The Labute approximate surface area is 121 Å². The largest absolute Gasteiger partial charge is 0.457 e. The second-order valence-electron chi connectivity index (χ2n) is 4.24. The van der Waals surface area contributed by atoms with Gasteiger partial charge in [-0.3, -0.25) is 4.79 Å². The summed E-state index contributed by atoms with van der Waals surface area (Å²) in [6.45, 7) is 2.21. The van der Waals surface area contributed by atoms with Gasteiger partial charge in [0, 0.05) is 18.2 Å². The van der Waals surface area contributed by atoms with E-state index in [2.05, 4.69) is 5.32 Å². The molecule has 1 heterocycles. The molecule has 0 aliphatic carbocycles. The summed E-state index contributed by atoms with van der Waals surface area (Å²) in [4.78, 5) is 11.6. The number of furan rings is 1. The molecule has 0 aliphatic rings. The summed E-state index contributed by atoms with van der Waals surface area (Å²) in [5.74, 6) is 0.153. The zero-order valence-electron chi connectivity index (χ0n) is 11.4. The van der Waals surface area contributed by atoms with Crippen LogP contribution in [0.15, 0.2) is 46.4 Å². The van der Waals surface area contributed by atoms with E-state index in [0.717, 1.165) is 0 Å². The summed E-state index contributed by atoms with van der Waals surface area (Å²) < 4.78 is 18.4. The minimum absolute atomic E-state index is 0.0307. The van der Waals surface area contributed by atoms with E-state index in [-0.39, 0.29) is 11.4 Å². The van der Waals surface area contributed by atoms with Gasteiger partial charge in [-0.25, -0.2) is 4.39 Å². The number of rotatable bonds is 4. The van der Waals surface area contributed by atoms with Gasteiger partial charge in [0.25, 0.3) is 5.91 Å². The molecule has 0 radical (unpaired) electrons. The Balaban J connectivity index is 2.25. The van der Waals surface area contributed by atoms with Crippen molar-refractivity contribution in [3.05, 3.63) is 53.5 Å². The quantitative estimate of drug-likeness (QED) is 0.693. The molecule has 2 rings (SSSR count). The Bertz CT molecular complexity index is 709. The number of likely N-dealkylation sites (N-methyl/N-ethyl adjacent to an activating group) is 1. The zero-order valence-corrected chi connectivity index (χ0v) is 11.4. The molecule has 0 fully saturated rings. The molecule has 0 unspecified atom stereocenters. The van der Waals surface area contributed by atoms with Gasteiger partial charge in [-0.1, -0.05) is 0 Å². The van der Waals surface area contributed by atoms with Crippen molar-refractivity contribution in [2.75, 3.05) is 6.54 Å². The predicted octanol–water partition coefficient (Wildman–Crippen LogP) is 3.13. The molecule has 1 amide bonds. The van der Waals surface area contributed by atoms with E-state index in [0.29, 0.717) is 23.6 Å². The third-order valence-electron chi connectivity index (χ3n) is 2.74. The lowest BCUT2D eigenvalue weighted by Crippen LogP contribution is -2.23. The van der Waals surface area contributed by atoms with Crippen LogP contribution in [0.3, 0.4) is 0 Å². The van der Waals surface area contributed by atoms with Crippen LogP contribution in [0.2, 0.25) is 0 Å². The van der Waals surface area contributed by atoms with E-state index in [9.17, 15) is 9.18 Å². The number of amides is 1. The molecule has 1 aromatic carbocycles. The van der Waals surface area contributed by atoms with Crippen molar-refractivity contribution in [3.8, 4) is 17.4 Å². The van der Waals surface area contributed by atoms with E-state index in [4.69, 9.17) is 9.68 Å². The molecular formula is C16H13FN2O2. The number of benzene rings is 1. The SMILES string of the molecule is CCNC(=O)/C(C#N)=C\c1ccc(-c2ccc(F)cc2)o1. The third-order valence-corrected chi connectivity index (χ3v) is 2.74. The van der Waals surface area contributed by atoms with Crippen molar-refractivity contribution >= 4 is 12.0 Å². The maximum Gasteiger partial charge on any atom is 0.262 e. The molecule has 0 spiro atoms. The maximum absolute atomic E-state index is 12.9. The molecule has 0 saturated heterocycles. The Morgan fingerprint density at radius 3 is 2.67 bits per heavy atom. The number of nitrogens with zero attached hydrogens (tertiary/aromatic N) is 1. The Kier molecular flexibility index (Phi) is 4.52. The molecule has 5 heteroatoms. The van der Waals surface area contributed by atoms with Crippen LogP contribution >= 0.6 is 0 Å². The molecule has 21 heavy (non-hydrogen) atoms. The summed E-state index contributed by atoms with van der Waals surface area (Å²) in [6, 6.07) is 11.0. The van der Waals surface area contributed by atoms with Crippen LogP contribution in [-0.4, -0.2) is 12.5 Å². The topological polar surface area (TPSA) is 66.0 Å². The summed E-state index contributed by atoms with van der Waals surface area (Å²) >= 11 is 0. The van der Waals surface area contributed by atoms with E-state index in [1.54, 1.807) is 31.2 Å². The Morgan fingerprint density at radius 1 is 1.33 bits per heavy atom. The van der Waals surface area contributed by atoms with Gasteiger partial charge in [0.1, 0.15) is 29.0 Å². The molecular weight excluding hydrogens is 271 g/mol. The van der Waals surface area contributed by atoms with Gasteiger partial charge in [0.05, 0.1) is 0 Å². The lowest BCUT2D eigenvalue weighted by molar-refractivity contribution is -0.116. The fourth-order valence-electron chi connectivity index (χ4n) is 1.75. The lowest BCUT2D eigenvalue weighted by atomic mass is 10.2. The highest BCUT2D eigenvalue weighted by molar-refractivity contribution is 6.01. The molecule has 0 aliphatic heterocycles. The maximum atomic E-state index is 12.9. The molecule has 2 aromatic rings. The number of hydrogen-bond acceptors (Lipinski definition) is 3. The van der Waals surface area contributed by atoms with Crippen LogP contribution < -0.4 is 5.32 Å². The summed E-state index contributed by atoms with van der Waals surface area (Å²) in [7, 11) is 0. The molecule has 0 bridgehead atoms. The van der Waals surface area contributed by atoms with Crippen LogP contribution in [-0.2, 0) is 4.79 Å². The lowest BCUT2D eigenvalue weighted by Gasteiger charge is -1.99. The summed E-state index contributed by atoms with van der Waals surface area (Å²) in [5.41, 5.74) is 0.685. The van der Waals surface area contributed by atoms with Crippen LogP contribution in [0, 0.1) is 17.1 Å². The molecule has 4 nitrogen and oxygen atoms in total. The first-order chi connectivity index (χ1) is 10.1. The highest BCUT2D eigenvalue weighted by Gasteiger charge is 2.10. The van der Waals surface area contributed by atoms with Gasteiger partial charge >= 0.3 is 0 Å². The first-order valence-corrected chi connectivity index (χ1v) is 6.40. The van der Waals surface area contributed by atoms with Gasteiger partial charge < -0.3 is 9.73 Å². The van der Waals surface area contributed by atoms with Crippen LogP contribution in [0.4, 0.5) is 4.39 Å². The predicted molar refractivity (Wildman–Crippen MR) is 76.4 cm³/mol.